The van der Waals surface area contributed by atoms with Gasteiger partial charge in [-0.05, 0) is 44.9 Å². The first-order valence-electron chi connectivity index (χ1n) is 10.1. The number of piperidine rings is 1. The maximum absolute atomic E-state index is 12.8. The summed E-state index contributed by atoms with van der Waals surface area (Å²) in [5, 5.41) is 2.94. The van der Waals surface area contributed by atoms with Crippen LogP contribution in [0.1, 0.15) is 25.7 Å². The molecule has 1 atom stereocenters. The van der Waals surface area contributed by atoms with Crippen LogP contribution in [0.3, 0.4) is 0 Å². The summed E-state index contributed by atoms with van der Waals surface area (Å²) in [4.78, 5) is 29.3. The Morgan fingerprint density at radius 2 is 2.00 bits per heavy atom. The summed E-state index contributed by atoms with van der Waals surface area (Å²) in [7, 11) is 3.63. The van der Waals surface area contributed by atoms with E-state index in [9.17, 15) is 9.59 Å². The van der Waals surface area contributed by atoms with Crippen LogP contribution in [-0.4, -0.2) is 73.7 Å². The molecule has 2 amide bonds. The molecule has 3 fully saturated rings. The Hall–Kier alpha value is -2.12. The van der Waals surface area contributed by atoms with Crippen molar-refractivity contribution in [1.82, 2.24) is 9.80 Å². The van der Waals surface area contributed by atoms with E-state index in [0.717, 1.165) is 32.2 Å². The van der Waals surface area contributed by atoms with Gasteiger partial charge in [-0.25, -0.2) is 0 Å². The SMILES string of the molecule is COc1cccc(NC(=O)[C@H]2CN(C)CC3(CCN(C(=O)C4CC4)CC3)O2)c1. The Morgan fingerprint density at radius 3 is 2.68 bits per heavy atom. The molecule has 4 rings (SSSR count). The number of hydrogen-bond donors (Lipinski definition) is 1. The average molecular weight is 387 g/mol. The van der Waals surface area contributed by atoms with Crippen LogP contribution in [0.4, 0.5) is 5.69 Å². The molecule has 7 nitrogen and oxygen atoms in total. The second kappa shape index (κ2) is 7.72. The molecule has 1 aromatic carbocycles. The highest BCUT2D eigenvalue weighted by atomic mass is 16.5. The third kappa shape index (κ3) is 4.15. The minimum Gasteiger partial charge on any atom is -0.497 e. The van der Waals surface area contributed by atoms with Crippen LogP contribution in [-0.2, 0) is 14.3 Å². The maximum Gasteiger partial charge on any atom is 0.254 e. The summed E-state index contributed by atoms with van der Waals surface area (Å²) in [5.74, 6) is 1.11. The number of nitrogens with zero attached hydrogens (tertiary/aromatic N) is 2. The van der Waals surface area contributed by atoms with Crippen molar-refractivity contribution in [2.24, 2.45) is 5.92 Å². The molecule has 1 N–H and O–H groups in total. The van der Waals surface area contributed by atoms with Gasteiger partial charge in [0.25, 0.3) is 5.91 Å². The fraction of sp³-hybridized carbons (Fsp3) is 0.619. The van der Waals surface area contributed by atoms with Crippen molar-refractivity contribution in [1.29, 1.82) is 0 Å². The lowest BCUT2D eigenvalue weighted by Gasteiger charge is -2.48. The third-order valence-corrected chi connectivity index (χ3v) is 5.97. The largest absolute Gasteiger partial charge is 0.497 e. The van der Waals surface area contributed by atoms with Crippen molar-refractivity contribution in [3.8, 4) is 5.75 Å². The summed E-state index contributed by atoms with van der Waals surface area (Å²) in [6, 6.07) is 7.32. The Morgan fingerprint density at radius 1 is 1.25 bits per heavy atom. The standard InChI is InChI=1S/C21H29N3O4/c1-23-13-18(19(25)22-16-4-3-5-17(12-16)27-2)28-21(14-23)8-10-24(11-9-21)20(26)15-6-7-15/h3-5,12,15,18H,6-11,13-14H2,1-2H3,(H,22,25)/t18-/m1/s1. The summed E-state index contributed by atoms with van der Waals surface area (Å²) in [6.07, 6.45) is 3.09. The topological polar surface area (TPSA) is 71.1 Å². The van der Waals surface area contributed by atoms with Gasteiger partial charge in [0.15, 0.2) is 0 Å². The number of carbonyl (C=O) groups excluding carboxylic acids is 2. The number of morpholine rings is 1. The first-order valence-corrected chi connectivity index (χ1v) is 10.1. The van der Waals surface area contributed by atoms with E-state index in [4.69, 9.17) is 9.47 Å². The molecule has 3 aliphatic rings. The number of rotatable bonds is 4. The van der Waals surface area contributed by atoms with Crippen molar-refractivity contribution in [2.75, 3.05) is 45.7 Å². The smallest absolute Gasteiger partial charge is 0.254 e. The molecule has 7 heteroatoms. The highest BCUT2D eigenvalue weighted by molar-refractivity contribution is 5.94. The zero-order valence-electron chi connectivity index (χ0n) is 16.6. The fourth-order valence-electron chi connectivity index (χ4n) is 4.27. The molecule has 0 radical (unpaired) electrons. The van der Waals surface area contributed by atoms with Crippen LogP contribution < -0.4 is 10.1 Å². The number of carbonyl (C=O) groups is 2. The lowest BCUT2D eigenvalue weighted by atomic mass is 9.88. The first-order chi connectivity index (χ1) is 13.5. The van der Waals surface area contributed by atoms with Gasteiger partial charge in [0, 0.05) is 43.9 Å². The molecular weight excluding hydrogens is 358 g/mol. The Kier molecular flexibility index (Phi) is 5.29. The van der Waals surface area contributed by atoms with Gasteiger partial charge in [-0.3, -0.25) is 9.59 Å². The van der Waals surface area contributed by atoms with E-state index in [1.165, 1.54) is 0 Å². The van der Waals surface area contributed by atoms with Crippen LogP contribution in [0, 0.1) is 5.92 Å². The quantitative estimate of drug-likeness (QED) is 0.852. The van der Waals surface area contributed by atoms with Crippen molar-refractivity contribution in [3.05, 3.63) is 24.3 Å². The van der Waals surface area contributed by atoms with Gasteiger partial charge < -0.3 is 24.6 Å². The number of amides is 2. The summed E-state index contributed by atoms with van der Waals surface area (Å²) >= 11 is 0. The van der Waals surface area contributed by atoms with Crippen molar-refractivity contribution in [3.63, 3.8) is 0 Å². The highest BCUT2D eigenvalue weighted by Gasteiger charge is 2.45. The van der Waals surface area contributed by atoms with Crippen LogP contribution >= 0.6 is 0 Å². The van der Waals surface area contributed by atoms with Gasteiger partial charge in [-0.1, -0.05) is 6.07 Å². The predicted molar refractivity (Wildman–Crippen MR) is 105 cm³/mol. The molecule has 0 unspecified atom stereocenters. The van der Waals surface area contributed by atoms with E-state index in [1.54, 1.807) is 13.2 Å². The number of likely N-dealkylation sites (tertiary alicyclic amines) is 1. The zero-order chi connectivity index (χ0) is 19.7. The van der Waals surface area contributed by atoms with Gasteiger partial charge >= 0.3 is 0 Å². The van der Waals surface area contributed by atoms with Gasteiger partial charge in [-0.2, -0.15) is 0 Å². The molecule has 152 valence electrons. The molecule has 2 aliphatic heterocycles. The monoisotopic (exact) mass is 387 g/mol. The molecule has 0 bridgehead atoms. The highest BCUT2D eigenvalue weighted by Crippen LogP contribution is 2.36. The summed E-state index contributed by atoms with van der Waals surface area (Å²) in [6.45, 7) is 2.78. The Balaban J connectivity index is 1.38. The van der Waals surface area contributed by atoms with E-state index in [2.05, 4.69) is 10.2 Å². The maximum atomic E-state index is 12.8. The van der Waals surface area contributed by atoms with Gasteiger partial charge in [-0.15, -0.1) is 0 Å². The molecule has 1 aromatic rings. The minimum absolute atomic E-state index is 0.143. The van der Waals surface area contributed by atoms with Crippen molar-refractivity contribution >= 4 is 17.5 Å². The van der Waals surface area contributed by atoms with Crippen LogP contribution in [0.5, 0.6) is 5.75 Å². The summed E-state index contributed by atoms with van der Waals surface area (Å²) in [5.41, 5.74) is 0.337. The average Bonchev–Trinajstić information content (AvgIpc) is 3.53. The number of likely N-dealkylation sites (N-methyl/N-ethyl adjacent to an activating group) is 1. The van der Waals surface area contributed by atoms with Gasteiger partial charge in [0.1, 0.15) is 11.9 Å². The Labute approximate surface area is 166 Å². The van der Waals surface area contributed by atoms with E-state index in [1.807, 2.05) is 30.1 Å². The van der Waals surface area contributed by atoms with Crippen molar-refractivity contribution in [2.45, 2.75) is 37.4 Å². The van der Waals surface area contributed by atoms with Crippen LogP contribution in [0.2, 0.25) is 0 Å². The molecule has 1 aliphatic carbocycles. The van der Waals surface area contributed by atoms with E-state index in [0.29, 0.717) is 37.0 Å². The number of anilines is 1. The number of benzene rings is 1. The minimum atomic E-state index is -0.532. The molecule has 1 saturated carbocycles. The van der Waals surface area contributed by atoms with Crippen LogP contribution in [0.25, 0.3) is 0 Å². The van der Waals surface area contributed by atoms with E-state index >= 15 is 0 Å². The second-order valence-electron chi connectivity index (χ2n) is 8.31. The second-order valence-corrected chi connectivity index (χ2v) is 8.31. The molecule has 2 heterocycles. The number of methoxy groups -OCH3 is 1. The predicted octanol–water partition coefficient (Wildman–Crippen LogP) is 1.74. The molecule has 1 spiro atoms. The normalized spacial score (nSPS) is 24.8. The van der Waals surface area contributed by atoms with Gasteiger partial charge in [0.05, 0.1) is 12.7 Å². The molecular formula is C21H29N3O4. The van der Waals surface area contributed by atoms with Gasteiger partial charge in [0.2, 0.25) is 5.91 Å². The molecule has 0 aromatic heterocycles. The fourth-order valence-corrected chi connectivity index (χ4v) is 4.27. The van der Waals surface area contributed by atoms with Crippen molar-refractivity contribution < 1.29 is 19.1 Å². The number of hydrogen-bond acceptors (Lipinski definition) is 5. The zero-order valence-corrected chi connectivity index (χ0v) is 16.6. The molecule has 28 heavy (non-hydrogen) atoms. The lowest BCUT2D eigenvalue weighted by Crippen LogP contribution is -2.61. The number of nitrogens with one attached hydrogen (secondary N) is 1. The lowest BCUT2D eigenvalue weighted by molar-refractivity contribution is -0.180. The third-order valence-electron chi connectivity index (χ3n) is 5.97. The van der Waals surface area contributed by atoms with Crippen LogP contribution in [0.15, 0.2) is 24.3 Å². The first kappa shape index (κ1) is 19.2. The number of ether oxygens (including phenoxy) is 2. The van der Waals surface area contributed by atoms with E-state index in [-0.39, 0.29) is 17.4 Å². The summed E-state index contributed by atoms with van der Waals surface area (Å²) < 4.78 is 11.6. The van der Waals surface area contributed by atoms with E-state index < -0.39 is 6.10 Å². The Bertz CT molecular complexity index is 741. The molecule has 2 saturated heterocycles.